The van der Waals surface area contributed by atoms with E-state index in [9.17, 15) is 27.9 Å². The number of nitrogens with zero attached hydrogens (tertiary/aromatic N) is 2. The van der Waals surface area contributed by atoms with Gasteiger partial charge >= 0.3 is 12.1 Å². The highest BCUT2D eigenvalue weighted by Gasteiger charge is 2.36. The lowest BCUT2D eigenvalue weighted by atomic mass is 10.2. The zero-order chi connectivity index (χ0) is 16.7. The van der Waals surface area contributed by atoms with Gasteiger partial charge in [0.25, 0.3) is 5.56 Å². The van der Waals surface area contributed by atoms with Crippen LogP contribution in [0.15, 0.2) is 29.2 Å². The van der Waals surface area contributed by atoms with Crippen LogP contribution in [0.2, 0.25) is 0 Å². The fourth-order valence-electron chi connectivity index (χ4n) is 1.93. The summed E-state index contributed by atoms with van der Waals surface area (Å²) >= 11 is 0. The van der Waals surface area contributed by atoms with E-state index in [1.165, 1.54) is 6.92 Å². The minimum Gasteiger partial charge on any atom is -0.493 e. The molecule has 0 amide bonds. The molecule has 0 aliphatic carbocycles. The lowest BCUT2D eigenvalue weighted by Gasteiger charge is -2.17. The molecule has 116 valence electrons. The van der Waals surface area contributed by atoms with E-state index >= 15 is 0 Å². The van der Waals surface area contributed by atoms with Crippen LogP contribution in [0.3, 0.4) is 0 Å². The highest BCUT2D eigenvalue weighted by Crippen LogP contribution is 2.31. The number of aryl methyl sites for hydroxylation is 1. The van der Waals surface area contributed by atoms with Gasteiger partial charge in [0.15, 0.2) is 0 Å². The molecule has 2 N–H and O–H groups in total. The average molecular weight is 314 g/mol. The number of aromatic hydroxyl groups is 1. The summed E-state index contributed by atoms with van der Waals surface area (Å²) in [4.78, 5) is 26.5. The predicted octanol–water partition coefficient (Wildman–Crippen LogP) is 1.96. The molecule has 0 radical (unpaired) electrons. The molecule has 22 heavy (non-hydrogen) atoms. The van der Waals surface area contributed by atoms with Crippen LogP contribution in [-0.4, -0.2) is 25.7 Å². The van der Waals surface area contributed by atoms with Crippen molar-refractivity contribution in [3.63, 3.8) is 0 Å². The third kappa shape index (κ3) is 2.65. The molecule has 2 aromatic rings. The Balaban J connectivity index is 2.90. The molecule has 9 heteroatoms. The fourth-order valence-corrected chi connectivity index (χ4v) is 1.93. The Labute approximate surface area is 121 Å². The molecule has 0 aliphatic heterocycles. The van der Waals surface area contributed by atoms with Crippen molar-refractivity contribution >= 4 is 5.97 Å². The molecular formula is C13H9F3N2O4. The van der Waals surface area contributed by atoms with Gasteiger partial charge in [-0.25, -0.2) is 9.78 Å². The number of carboxylic acids is 1. The molecule has 2 heterocycles. The van der Waals surface area contributed by atoms with Crippen molar-refractivity contribution in [1.29, 1.82) is 0 Å². The number of alkyl halides is 3. The zero-order valence-electron chi connectivity index (χ0n) is 11.0. The summed E-state index contributed by atoms with van der Waals surface area (Å²) in [5.74, 6) is -2.07. The second-order valence-electron chi connectivity index (χ2n) is 4.40. The van der Waals surface area contributed by atoms with Crippen LogP contribution in [0.4, 0.5) is 13.2 Å². The van der Waals surface area contributed by atoms with Crippen molar-refractivity contribution < 1.29 is 28.2 Å². The first-order valence-corrected chi connectivity index (χ1v) is 5.85. The molecule has 0 saturated heterocycles. The molecule has 0 spiro atoms. The largest absolute Gasteiger partial charge is 0.493 e. The number of aromatic nitrogens is 2. The Morgan fingerprint density at radius 3 is 2.45 bits per heavy atom. The van der Waals surface area contributed by atoms with E-state index in [-0.39, 0.29) is 15.8 Å². The van der Waals surface area contributed by atoms with Crippen molar-refractivity contribution in [2.45, 2.75) is 13.1 Å². The monoisotopic (exact) mass is 314 g/mol. The Morgan fingerprint density at radius 2 is 1.95 bits per heavy atom. The smallest absolute Gasteiger partial charge is 0.431 e. The van der Waals surface area contributed by atoms with Gasteiger partial charge in [-0.2, -0.15) is 13.2 Å². The predicted molar refractivity (Wildman–Crippen MR) is 68.2 cm³/mol. The number of carbonyl (C=O) groups is 1. The van der Waals surface area contributed by atoms with Gasteiger partial charge in [-0.3, -0.25) is 9.36 Å². The number of rotatable bonds is 2. The van der Waals surface area contributed by atoms with Crippen LogP contribution in [0.1, 0.15) is 21.6 Å². The Kier molecular flexibility index (Phi) is 3.65. The first-order chi connectivity index (χ1) is 10.1. The second kappa shape index (κ2) is 5.17. The van der Waals surface area contributed by atoms with Gasteiger partial charge in [0.1, 0.15) is 11.3 Å². The zero-order valence-corrected chi connectivity index (χ0v) is 11.0. The molecule has 0 aromatic carbocycles. The van der Waals surface area contributed by atoms with Gasteiger partial charge in [-0.05, 0) is 24.6 Å². The molecule has 0 unspecified atom stereocenters. The molecule has 0 aliphatic rings. The van der Waals surface area contributed by atoms with Gasteiger partial charge in [-0.15, -0.1) is 0 Å². The lowest BCUT2D eigenvalue weighted by molar-refractivity contribution is -0.142. The van der Waals surface area contributed by atoms with Gasteiger partial charge < -0.3 is 10.2 Å². The Bertz CT molecular complexity index is 812. The number of aromatic carboxylic acids is 1. The van der Waals surface area contributed by atoms with Crippen molar-refractivity contribution in [3.05, 3.63) is 51.6 Å². The third-order valence-electron chi connectivity index (χ3n) is 2.91. The first-order valence-electron chi connectivity index (χ1n) is 5.85. The maximum Gasteiger partial charge on any atom is 0.431 e. The summed E-state index contributed by atoms with van der Waals surface area (Å²) in [5.41, 5.74) is -3.61. The summed E-state index contributed by atoms with van der Waals surface area (Å²) in [6, 6.07) is 2.18. The number of hydrogen-bond donors (Lipinski definition) is 2. The van der Waals surface area contributed by atoms with E-state index in [1.807, 2.05) is 0 Å². The summed E-state index contributed by atoms with van der Waals surface area (Å²) < 4.78 is 39.5. The van der Waals surface area contributed by atoms with Crippen LogP contribution < -0.4 is 5.56 Å². The normalized spacial score (nSPS) is 11.5. The van der Waals surface area contributed by atoms with Crippen molar-refractivity contribution in [3.8, 4) is 11.6 Å². The summed E-state index contributed by atoms with van der Waals surface area (Å²) in [5, 5.41) is 18.1. The SMILES string of the molecule is Cc1cc(O)ncc1-n1c(C(F)(F)F)ccc(C(=O)O)c1=O. The number of halogens is 3. The van der Waals surface area contributed by atoms with Crippen LogP contribution >= 0.6 is 0 Å². The van der Waals surface area contributed by atoms with Gasteiger partial charge in [0.2, 0.25) is 5.88 Å². The molecule has 0 atom stereocenters. The first kappa shape index (κ1) is 15.5. The van der Waals surface area contributed by atoms with E-state index in [1.54, 1.807) is 0 Å². The maximum absolute atomic E-state index is 13.1. The summed E-state index contributed by atoms with van der Waals surface area (Å²) in [6.07, 6.45) is -4.01. The standard InChI is InChI=1S/C13H9F3N2O4/c1-6-4-10(19)17-5-8(6)18-9(13(14,15)16)3-2-7(11(18)20)12(21)22/h2-5H,1H3,(H,17,19)(H,21,22). The van der Waals surface area contributed by atoms with Crippen LogP contribution in [-0.2, 0) is 6.18 Å². The fraction of sp³-hybridized carbons (Fsp3) is 0.154. The maximum atomic E-state index is 13.1. The van der Waals surface area contributed by atoms with Crippen LogP contribution in [0.25, 0.3) is 5.69 Å². The molecule has 0 bridgehead atoms. The quantitative estimate of drug-likeness (QED) is 0.884. The molecule has 0 saturated carbocycles. The van der Waals surface area contributed by atoms with Crippen molar-refractivity contribution in [2.24, 2.45) is 0 Å². The van der Waals surface area contributed by atoms with E-state index in [2.05, 4.69) is 4.98 Å². The molecule has 0 fully saturated rings. The van der Waals surface area contributed by atoms with Crippen molar-refractivity contribution in [1.82, 2.24) is 9.55 Å². The average Bonchev–Trinajstić information content (AvgIpc) is 2.37. The van der Waals surface area contributed by atoms with E-state index in [0.29, 0.717) is 12.1 Å². The summed E-state index contributed by atoms with van der Waals surface area (Å²) in [7, 11) is 0. The number of carboxylic acid groups (broad SMARTS) is 1. The minimum atomic E-state index is -4.87. The minimum absolute atomic E-state index is 0.127. The van der Waals surface area contributed by atoms with Crippen LogP contribution in [0.5, 0.6) is 5.88 Å². The second-order valence-corrected chi connectivity index (χ2v) is 4.40. The Hall–Kier alpha value is -2.84. The van der Waals surface area contributed by atoms with Crippen LogP contribution in [0, 0.1) is 6.92 Å². The third-order valence-corrected chi connectivity index (χ3v) is 2.91. The van der Waals surface area contributed by atoms with E-state index in [0.717, 1.165) is 12.3 Å². The van der Waals surface area contributed by atoms with Crippen molar-refractivity contribution in [2.75, 3.05) is 0 Å². The number of hydrogen-bond acceptors (Lipinski definition) is 4. The molecular weight excluding hydrogens is 305 g/mol. The number of pyridine rings is 2. The topological polar surface area (TPSA) is 92.4 Å². The highest BCUT2D eigenvalue weighted by molar-refractivity contribution is 5.87. The van der Waals surface area contributed by atoms with E-state index in [4.69, 9.17) is 5.11 Å². The molecule has 2 aromatic heterocycles. The molecule has 6 nitrogen and oxygen atoms in total. The van der Waals surface area contributed by atoms with Gasteiger partial charge in [0.05, 0.1) is 11.9 Å². The summed E-state index contributed by atoms with van der Waals surface area (Å²) in [6.45, 7) is 1.36. The van der Waals surface area contributed by atoms with E-state index < -0.39 is 34.8 Å². The highest BCUT2D eigenvalue weighted by atomic mass is 19.4. The van der Waals surface area contributed by atoms with Gasteiger partial charge in [0, 0.05) is 6.07 Å². The Morgan fingerprint density at radius 1 is 1.32 bits per heavy atom. The molecule has 2 rings (SSSR count). The van der Waals surface area contributed by atoms with Gasteiger partial charge in [-0.1, -0.05) is 0 Å². The lowest BCUT2D eigenvalue weighted by Crippen LogP contribution is -2.31.